The van der Waals surface area contributed by atoms with E-state index in [2.05, 4.69) is 5.43 Å². The van der Waals surface area contributed by atoms with E-state index in [4.69, 9.17) is 10.6 Å². The van der Waals surface area contributed by atoms with Gasteiger partial charge in [-0.05, 0) is 18.8 Å². The lowest BCUT2D eigenvalue weighted by Crippen LogP contribution is -2.45. The van der Waals surface area contributed by atoms with E-state index >= 15 is 0 Å². The van der Waals surface area contributed by atoms with Crippen LogP contribution in [0.4, 0.5) is 0 Å². The van der Waals surface area contributed by atoms with E-state index in [0.29, 0.717) is 0 Å². The van der Waals surface area contributed by atoms with Crippen molar-refractivity contribution in [2.45, 2.75) is 58.2 Å². The number of hydrogen-bond acceptors (Lipinski definition) is 3. The van der Waals surface area contributed by atoms with Crippen molar-refractivity contribution in [1.29, 1.82) is 0 Å². The molecule has 0 spiro atoms. The second-order valence-electron chi connectivity index (χ2n) is 4.57. The molecule has 0 radical (unpaired) electrons. The Labute approximate surface area is 91.5 Å². The van der Waals surface area contributed by atoms with Gasteiger partial charge in [0, 0.05) is 0 Å². The van der Waals surface area contributed by atoms with E-state index in [1.54, 1.807) is 0 Å². The quantitative estimate of drug-likeness (QED) is 0.422. The van der Waals surface area contributed by atoms with Gasteiger partial charge in [0.15, 0.2) is 0 Å². The third-order valence-electron chi connectivity index (χ3n) is 2.90. The molecule has 1 aliphatic rings. The maximum Gasteiger partial charge on any atom is 0.263 e. The van der Waals surface area contributed by atoms with Crippen molar-refractivity contribution in [2.24, 2.45) is 11.8 Å². The number of hydrogen-bond donors (Lipinski definition) is 2. The number of carbonyl (C=O) groups is 1. The summed E-state index contributed by atoms with van der Waals surface area (Å²) in [5.74, 6) is 5.09. The van der Waals surface area contributed by atoms with Gasteiger partial charge in [-0.15, -0.1) is 0 Å². The highest BCUT2D eigenvalue weighted by molar-refractivity contribution is 5.80. The van der Waals surface area contributed by atoms with Gasteiger partial charge in [0.25, 0.3) is 5.91 Å². The van der Waals surface area contributed by atoms with Gasteiger partial charge in [0.05, 0.1) is 6.10 Å². The van der Waals surface area contributed by atoms with Crippen molar-refractivity contribution < 1.29 is 9.53 Å². The molecule has 1 atom stereocenters. The van der Waals surface area contributed by atoms with Crippen LogP contribution in [-0.4, -0.2) is 18.1 Å². The maximum atomic E-state index is 11.5. The summed E-state index contributed by atoms with van der Waals surface area (Å²) < 4.78 is 5.81. The second kappa shape index (κ2) is 6.08. The molecular formula is C11H22N2O2. The molecular weight excluding hydrogens is 192 g/mol. The molecule has 0 heterocycles. The van der Waals surface area contributed by atoms with Crippen LogP contribution in [0.1, 0.15) is 46.0 Å². The van der Waals surface area contributed by atoms with Gasteiger partial charge in [-0.2, -0.15) is 0 Å². The molecule has 88 valence electrons. The SMILES string of the molecule is CC(C)C(OC1CCCCC1)C(=O)NN. The zero-order valence-electron chi connectivity index (χ0n) is 9.66. The van der Waals surface area contributed by atoms with Crippen molar-refractivity contribution in [2.75, 3.05) is 0 Å². The average Bonchev–Trinajstić information content (AvgIpc) is 2.26. The molecule has 0 aromatic carbocycles. The predicted octanol–water partition coefficient (Wildman–Crippen LogP) is 1.35. The van der Waals surface area contributed by atoms with E-state index in [1.807, 2.05) is 13.8 Å². The van der Waals surface area contributed by atoms with Crippen LogP contribution in [0.25, 0.3) is 0 Å². The molecule has 4 nitrogen and oxygen atoms in total. The number of carbonyl (C=O) groups excluding carboxylic acids is 1. The molecule has 0 aromatic heterocycles. The van der Waals surface area contributed by atoms with Crippen LogP contribution < -0.4 is 11.3 Å². The van der Waals surface area contributed by atoms with Gasteiger partial charge >= 0.3 is 0 Å². The van der Waals surface area contributed by atoms with Crippen LogP contribution in [-0.2, 0) is 9.53 Å². The van der Waals surface area contributed by atoms with Gasteiger partial charge in [-0.1, -0.05) is 33.1 Å². The first kappa shape index (κ1) is 12.5. The minimum atomic E-state index is -0.405. The largest absolute Gasteiger partial charge is 0.365 e. The van der Waals surface area contributed by atoms with Gasteiger partial charge < -0.3 is 4.74 Å². The summed E-state index contributed by atoms with van der Waals surface area (Å²) in [7, 11) is 0. The minimum absolute atomic E-state index is 0.162. The fourth-order valence-electron chi connectivity index (χ4n) is 2.01. The highest BCUT2D eigenvalue weighted by Crippen LogP contribution is 2.23. The van der Waals surface area contributed by atoms with Gasteiger partial charge in [0.2, 0.25) is 0 Å². The standard InChI is InChI=1S/C11H22N2O2/c1-8(2)10(11(14)13-12)15-9-6-4-3-5-7-9/h8-10H,3-7,12H2,1-2H3,(H,13,14). The fraction of sp³-hybridized carbons (Fsp3) is 0.909. The first-order valence-corrected chi connectivity index (χ1v) is 5.81. The first-order valence-electron chi connectivity index (χ1n) is 5.81. The Hall–Kier alpha value is -0.610. The molecule has 0 aliphatic heterocycles. The van der Waals surface area contributed by atoms with Crippen LogP contribution in [0.15, 0.2) is 0 Å². The van der Waals surface area contributed by atoms with Crippen molar-refractivity contribution in [3.8, 4) is 0 Å². The summed E-state index contributed by atoms with van der Waals surface area (Å²) in [6, 6.07) is 0. The number of nitrogens with one attached hydrogen (secondary N) is 1. The predicted molar refractivity (Wildman–Crippen MR) is 58.9 cm³/mol. The molecule has 0 saturated heterocycles. The molecule has 3 N–H and O–H groups in total. The Morgan fingerprint density at radius 1 is 1.33 bits per heavy atom. The third-order valence-corrected chi connectivity index (χ3v) is 2.90. The molecule has 15 heavy (non-hydrogen) atoms. The molecule has 1 rings (SSSR count). The normalized spacial score (nSPS) is 20.3. The summed E-state index contributed by atoms with van der Waals surface area (Å²) in [4.78, 5) is 11.5. The van der Waals surface area contributed by atoms with Crippen molar-refractivity contribution in [1.82, 2.24) is 5.43 Å². The smallest absolute Gasteiger partial charge is 0.263 e. The molecule has 1 fully saturated rings. The molecule has 0 aromatic rings. The summed E-state index contributed by atoms with van der Waals surface area (Å²) in [5.41, 5.74) is 2.17. The summed E-state index contributed by atoms with van der Waals surface area (Å²) >= 11 is 0. The van der Waals surface area contributed by atoms with E-state index < -0.39 is 6.10 Å². The van der Waals surface area contributed by atoms with Gasteiger partial charge in [0.1, 0.15) is 6.10 Å². The van der Waals surface area contributed by atoms with Gasteiger partial charge in [-0.3, -0.25) is 10.2 Å². The minimum Gasteiger partial charge on any atom is -0.365 e. The lowest BCUT2D eigenvalue weighted by molar-refractivity contribution is -0.142. The monoisotopic (exact) mass is 214 g/mol. The zero-order valence-corrected chi connectivity index (χ0v) is 9.66. The van der Waals surface area contributed by atoms with Crippen LogP contribution in [0, 0.1) is 5.92 Å². The number of rotatable bonds is 4. The van der Waals surface area contributed by atoms with Crippen molar-refractivity contribution in [3.63, 3.8) is 0 Å². The Bertz CT molecular complexity index is 201. The molecule has 1 saturated carbocycles. The molecule has 0 bridgehead atoms. The topological polar surface area (TPSA) is 64.3 Å². The Morgan fingerprint density at radius 2 is 1.93 bits per heavy atom. The zero-order chi connectivity index (χ0) is 11.3. The average molecular weight is 214 g/mol. The van der Waals surface area contributed by atoms with Crippen molar-refractivity contribution >= 4 is 5.91 Å². The van der Waals surface area contributed by atoms with Crippen LogP contribution in [0.3, 0.4) is 0 Å². The number of ether oxygens (including phenoxy) is 1. The summed E-state index contributed by atoms with van der Waals surface area (Å²) in [6.45, 7) is 3.95. The van der Waals surface area contributed by atoms with E-state index in [0.717, 1.165) is 12.8 Å². The Balaban J connectivity index is 2.46. The molecule has 1 unspecified atom stereocenters. The maximum absolute atomic E-state index is 11.5. The molecule has 1 amide bonds. The Kier molecular flexibility index (Phi) is 5.05. The van der Waals surface area contributed by atoms with Crippen molar-refractivity contribution in [3.05, 3.63) is 0 Å². The highest BCUT2D eigenvalue weighted by Gasteiger charge is 2.26. The van der Waals surface area contributed by atoms with E-state index in [1.165, 1.54) is 19.3 Å². The molecule has 1 aliphatic carbocycles. The lowest BCUT2D eigenvalue weighted by atomic mass is 9.97. The van der Waals surface area contributed by atoms with Crippen LogP contribution >= 0.6 is 0 Å². The second-order valence-corrected chi connectivity index (χ2v) is 4.57. The number of amides is 1. The fourth-order valence-corrected chi connectivity index (χ4v) is 2.01. The number of nitrogens with two attached hydrogens (primary N) is 1. The van der Waals surface area contributed by atoms with Gasteiger partial charge in [-0.25, -0.2) is 5.84 Å². The van der Waals surface area contributed by atoms with E-state index in [-0.39, 0.29) is 17.9 Å². The van der Waals surface area contributed by atoms with E-state index in [9.17, 15) is 4.79 Å². The Morgan fingerprint density at radius 3 is 2.40 bits per heavy atom. The highest BCUT2D eigenvalue weighted by atomic mass is 16.5. The first-order chi connectivity index (χ1) is 7.15. The van der Waals surface area contributed by atoms with Crippen LogP contribution in [0.5, 0.6) is 0 Å². The van der Waals surface area contributed by atoms with Crippen LogP contribution in [0.2, 0.25) is 0 Å². The lowest BCUT2D eigenvalue weighted by Gasteiger charge is -2.28. The summed E-state index contributed by atoms with van der Waals surface area (Å²) in [5, 5.41) is 0. The third kappa shape index (κ3) is 3.80. The molecule has 4 heteroatoms. The number of hydrazine groups is 1. The summed E-state index contributed by atoms with van der Waals surface area (Å²) in [6.07, 6.45) is 5.68.